The maximum atomic E-state index is 8.75. The van der Waals surface area contributed by atoms with Crippen LogP contribution in [0.4, 0.5) is 0 Å². The lowest BCUT2D eigenvalue weighted by Gasteiger charge is -2.12. The Hall–Kier alpha value is -1.73. The number of hydrogen-bond donors (Lipinski definition) is 1. The van der Waals surface area contributed by atoms with Crippen molar-refractivity contribution < 1.29 is 9.47 Å². The predicted molar refractivity (Wildman–Crippen MR) is 61.6 cm³/mol. The molecule has 2 N–H and O–H groups in total. The molecule has 0 amide bonds. The van der Waals surface area contributed by atoms with Crippen molar-refractivity contribution in [1.29, 1.82) is 5.26 Å². The Labute approximate surface area is 95.6 Å². The molecule has 4 heteroatoms. The smallest absolute Gasteiger partial charge is 0.161 e. The first kappa shape index (κ1) is 12.3. The van der Waals surface area contributed by atoms with Crippen LogP contribution >= 0.6 is 0 Å². The van der Waals surface area contributed by atoms with Gasteiger partial charge in [-0.25, -0.2) is 0 Å². The molecule has 1 aromatic rings. The average molecular weight is 220 g/mol. The van der Waals surface area contributed by atoms with Crippen LogP contribution in [0.15, 0.2) is 12.1 Å². The van der Waals surface area contributed by atoms with Gasteiger partial charge in [-0.2, -0.15) is 5.26 Å². The number of nitrogens with zero attached hydrogens (tertiary/aromatic N) is 1. The molecular formula is C12H16N2O2. The third-order valence-corrected chi connectivity index (χ3v) is 2.39. The van der Waals surface area contributed by atoms with Crippen LogP contribution < -0.4 is 15.2 Å². The van der Waals surface area contributed by atoms with E-state index in [4.69, 9.17) is 20.5 Å². The van der Waals surface area contributed by atoms with Crippen molar-refractivity contribution in [3.63, 3.8) is 0 Å². The Morgan fingerprint density at radius 3 is 2.19 bits per heavy atom. The van der Waals surface area contributed by atoms with Gasteiger partial charge in [-0.15, -0.1) is 0 Å². The highest BCUT2D eigenvalue weighted by Crippen LogP contribution is 2.30. The molecule has 0 radical (unpaired) electrons. The van der Waals surface area contributed by atoms with Crippen molar-refractivity contribution >= 4 is 0 Å². The largest absolute Gasteiger partial charge is 0.493 e. The summed E-state index contributed by atoms with van der Waals surface area (Å²) >= 11 is 0. The topological polar surface area (TPSA) is 68.3 Å². The van der Waals surface area contributed by atoms with E-state index in [1.54, 1.807) is 14.2 Å². The van der Waals surface area contributed by atoms with E-state index in [-0.39, 0.29) is 0 Å². The summed E-state index contributed by atoms with van der Waals surface area (Å²) in [4.78, 5) is 0. The molecule has 0 unspecified atom stereocenters. The van der Waals surface area contributed by atoms with E-state index in [2.05, 4.69) is 6.07 Å². The van der Waals surface area contributed by atoms with Crippen LogP contribution in [0.1, 0.15) is 11.1 Å². The van der Waals surface area contributed by atoms with Crippen molar-refractivity contribution in [3.05, 3.63) is 23.3 Å². The Morgan fingerprint density at radius 1 is 1.19 bits per heavy atom. The maximum absolute atomic E-state index is 8.75. The summed E-state index contributed by atoms with van der Waals surface area (Å²) in [5.74, 6) is 1.32. The maximum Gasteiger partial charge on any atom is 0.161 e. The summed E-state index contributed by atoms with van der Waals surface area (Å²) in [6, 6.07) is 5.86. The van der Waals surface area contributed by atoms with Crippen LogP contribution in [-0.2, 0) is 12.8 Å². The zero-order chi connectivity index (χ0) is 12.0. The van der Waals surface area contributed by atoms with Crippen molar-refractivity contribution in [2.75, 3.05) is 20.8 Å². The summed E-state index contributed by atoms with van der Waals surface area (Å²) in [6.45, 7) is 0.550. The van der Waals surface area contributed by atoms with E-state index in [0.717, 1.165) is 17.5 Å². The molecule has 0 fully saturated rings. The summed E-state index contributed by atoms with van der Waals surface area (Å²) in [5, 5.41) is 8.75. The van der Waals surface area contributed by atoms with E-state index in [9.17, 15) is 0 Å². The molecule has 4 nitrogen and oxygen atoms in total. The van der Waals surface area contributed by atoms with Crippen molar-refractivity contribution in [3.8, 4) is 17.6 Å². The molecule has 16 heavy (non-hydrogen) atoms. The minimum absolute atomic E-state index is 0.357. The summed E-state index contributed by atoms with van der Waals surface area (Å²) in [5.41, 5.74) is 7.53. The molecule has 0 heterocycles. The van der Waals surface area contributed by atoms with E-state index >= 15 is 0 Å². The number of rotatable bonds is 5. The molecule has 0 saturated carbocycles. The average Bonchev–Trinajstić information content (AvgIpc) is 2.31. The Morgan fingerprint density at radius 2 is 1.75 bits per heavy atom. The molecular weight excluding hydrogens is 204 g/mol. The fourth-order valence-corrected chi connectivity index (χ4v) is 1.60. The van der Waals surface area contributed by atoms with Gasteiger partial charge in [-0.05, 0) is 36.2 Å². The Bertz CT molecular complexity index is 397. The van der Waals surface area contributed by atoms with E-state index < -0.39 is 0 Å². The fraction of sp³-hybridized carbons (Fsp3) is 0.417. The van der Waals surface area contributed by atoms with Gasteiger partial charge in [0.15, 0.2) is 11.5 Å². The van der Waals surface area contributed by atoms with E-state index in [0.29, 0.717) is 24.5 Å². The predicted octanol–water partition coefficient (Wildman–Crippen LogP) is 1.27. The molecule has 0 atom stereocenters. The Kier molecular flexibility index (Phi) is 4.62. The van der Waals surface area contributed by atoms with E-state index in [1.165, 1.54) is 0 Å². The lowest BCUT2D eigenvalue weighted by molar-refractivity contribution is 0.354. The van der Waals surface area contributed by atoms with Crippen LogP contribution in [0.5, 0.6) is 11.5 Å². The molecule has 0 aliphatic carbocycles. The normalized spacial score (nSPS) is 9.62. The minimum Gasteiger partial charge on any atom is -0.493 e. The number of nitrogens with two attached hydrogens (primary N) is 1. The van der Waals surface area contributed by atoms with Crippen LogP contribution in [-0.4, -0.2) is 20.8 Å². The van der Waals surface area contributed by atoms with Gasteiger partial charge in [0.2, 0.25) is 0 Å². The van der Waals surface area contributed by atoms with Gasteiger partial charge in [-0.1, -0.05) is 0 Å². The summed E-state index contributed by atoms with van der Waals surface area (Å²) in [6.07, 6.45) is 1.09. The first-order chi connectivity index (χ1) is 7.76. The molecule has 86 valence electrons. The number of hydrogen-bond acceptors (Lipinski definition) is 4. The first-order valence-corrected chi connectivity index (χ1v) is 5.07. The van der Waals surface area contributed by atoms with Crippen LogP contribution in [0, 0.1) is 11.3 Å². The highest BCUT2D eigenvalue weighted by molar-refractivity contribution is 5.48. The van der Waals surface area contributed by atoms with Crippen LogP contribution in [0.3, 0.4) is 0 Å². The van der Waals surface area contributed by atoms with Gasteiger partial charge in [-0.3, -0.25) is 0 Å². The number of ether oxygens (including phenoxy) is 2. The zero-order valence-electron chi connectivity index (χ0n) is 9.62. The third-order valence-electron chi connectivity index (χ3n) is 2.39. The van der Waals surface area contributed by atoms with Crippen molar-refractivity contribution in [2.45, 2.75) is 12.8 Å². The first-order valence-electron chi connectivity index (χ1n) is 5.07. The number of benzene rings is 1. The molecule has 1 aromatic carbocycles. The third kappa shape index (κ3) is 2.65. The standard InChI is InChI=1S/C12H16N2O2/c1-15-11-7-9(3-5-13)10(4-6-14)8-12(11)16-2/h7-8H,3-5,13H2,1-2H3. The number of methoxy groups -OCH3 is 2. The van der Waals surface area contributed by atoms with Crippen LogP contribution in [0.25, 0.3) is 0 Å². The highest BCUT2D eigenvalue weighted by Gasteiger charge is 2.10. The lowest BCUT2D eigenvalue weighted by Crippen LogP contribution is -2.06. The summed E-state index contributed by atoms with van der Waals surface area (Å²) < 4.78 is 10.4. The molecule has 0 aliphatic rings. The molecule has 1 rings (SSSR count). The molecule has 0 saturated heterocycles. The highest BCUT2D eigenvalue weighted by atomic mass is 16.5. The molecule has 0 aromatic heterocycles. The SMILES string of the molecule is COc1cc(CC#N)c(CCN)cc1OC. The van der Waals surface area contributed by atoms with Crippen LogP contribution in [0.2, 0.25) is 0 Å². The van der Waals surface area contributed by atoms with Gasteiger partial charge in [0, 0.05) is 0 Å². The second-order valence-electron chi connectivity index (χ2n) is 3.35. The number of nitriles is 1. The van der Waals surface area contributed by atoms with Gasteiger partial charge < -0.3 is 15.2 Å². The molecule has 0 aliphatic heterocycles. The zero-order valence-corrected chi connectivity index (χ0v) is 9.62. The van der Waals surface area contributed by atoms with Gasteiger partial charge >= 0.3 is 0 Å². The monoisotopic (exact) mass is 220 g/mol. The summed E-state index contributed by atoms with van der Waals surface area (Å²) in [7, 11) is 3.17. The second-order valence-corrected chi connectivity index (χ2v) is 3.35. The lowest BCUT2D eigenvalue weighted by atomic mass is 10.0. The van der Waals surface area contributed by atoms with Crippen molar-refractivity contribution in [1.82, 2.24) is 0 Å². The van der Waals surface area contributed by atoms with E-state index in [1.807, 2.05) is 12.1 Å². The second kappa shape index (κ2) is 5.99. The molecule has 0 bridgehead atoms. The van der Waals surface area contributed by atoms with Gasteiger partial charge in [0.25, 0.3) is 0 Å². The minimum atomic E-state index is 0.357. The molecule has 0 spiro atoms. The van der Waals surface area contributed by atoms with Crippen molar-refractivity contribution in [2.24, 2.45) is 5.73 Å². The Balaban J connectivity index is 3.19. The van der Waals surface area contributed by atoms with Gasteiger partial charge in [0.1, 0.15) is 0 Å². The quantitative estimate of drug-likeness (QED) is 0.811. The fourth-order valence-electron chi connectivity index (χ4n) is 1.60. The van der Waals surface area contributed by atoms with Gasteiger partial charge in [0.05, 0.1) is 26.7 Å².